The minimum Gasteiger partial charge on any atom is -0.338 e. The van der Waals surface area contributed by atoms with Crippen molar-refractivity contribution in [3.63, 3.8) is 0 Å². The summed E-state index contributed by atoms with van der Waals surface area (Å²) in [6.07, 6.45) is 9.93. The van der Waals surface area contributed by atoms with E-state index < -0.39 is 0 Å². The summed E-state index contributed by atoms with van der Waals surface area (Å²) in [5.41, 5.74) is 7.45. The van der Waals surface area contributed by atoms with Crippen LogP contribution in [0, 0.1) is 0 Å². The van der Waals surface area contributed by atoms with E-state index in [0.717, 1.165) is 25.9 Å². The van der Waals surface area contributed by atoms with Crippen LogP contribution in [0.3, 0.4) is 0 Å². The molecule has 6 heteroatoms. The van der Waals surface area contributed by atoms with Crippen molar-refractivity contribution in [3.8, 4) is 0 Å². The molecule has 1 aliphatic carbocycles. The lowest BCUT2D eigenvalue weighted by molar-refractivity contribution is 0.190. The van der Waals surface area contributed by atoms with E-state index in [4.69, 9.17) is 12.2 Å². The lowest BCUT2D eigenvalue weighted by atomic mass is 9.99. The zero-order valence-electron chi connectivity index (χ0n) is 13.4. The SMILES string of the molecule is CC(C)(NN=C1CCCCC1)NC(=S)NN1CCCCC1. The van der Waals surface area contributed by atoms with Crippen molar-refractivity contribution in [3.05, 3.63) is 0 Å². The van der Waals surface area contributed by atoms with Crippen molar-refractivity contribution < 1.29 is 0 Å². The average Bonchev–Trinajstić information content (AvgIpc) is 2.47. The second-order valence-electron chi connectivity index (χ2n) is 6.59. The van der Waals surface area contributed by atoms with E-state index in [9.17, 15) is 0 Å². The molecule has 1 aliphatic heterocycles. The molecule has 0 aromatic rings. The van der Waals surface area contributed by atoms with E-state index in [2.05, 4.69) is 40.1 Å². The van der Waals surface area contributed by atoms with Crippen LogP contribution in [0.4, 0.5) is 0 Å². The van der Waals surface area contributed by atoms with Gasteiger partial charge in [-0.05, 0) is 64.6 Å². The van der Waals surface area contributed by atoms with Gasteiger partial charge in [0.1, 0.15) is 5.66 Å². The summed E-state index contributed by atoms with van der Waals surface area (Å²) in [5, 5.41) is 10.7. The predicted molar refractivity (Wildman–Crippen MR) is 92.0 cm³/mol. The molecule has 2 fully saturated rings. The molecule has 1 saturated heterocycles. The molecule has 1 saturated carbocycles. The fourth-order valence-corrected chi connectivity index (χ4v) is 3.16. The second-order valence-corrected chi connectivity index (χ2v) is 7.00. The van der Waals surface area contributed by atoms with Gasteiger partial charge in [-0.1, -0.05) is 12.8 Å². The average molecular weight is 311 g/mol. The molecule has 21 heavy (non-hydrogen) atoms. The number of hydrazine groups is 1. The van der Waals surface area contributed by atoms with Gasteiger partial charge < -0.3 is 5.32 Å². The maximum Gasteiger partial charge on any atom is 0.182 e. The van der Waals surface area contributed by atoms with Crippen molar-refractivity contribution in [2.75, 3.05) is 13.1 Å². The maximum atomic E-state index is 5.40. The van der Waals surface area contributed by atoms with Crippen LogP contribution in [0.15, 0.2) is 5.10 Å². The third-order valence-corrected chi connectivity index (χ3v) is 4.16. The summed E-state index contributed by atoms with van der Waals surface area (Å²) in [4.78, 5) is 0. The Balaban J connectivity index is 1.74. The van der Waals surface area contributed by atoms with Crippen molar-refractivity contribution in [1.82, 2.24) is 21.2 Å². The topological polar surface area (TPSA) is 51.7 Å². The molecule has 120 valence electrons. The maximum absolute atomic E-state index is 5.40. The molecule has 0 unspecified atom stereocenters. The van der Waals surface area contributed by atoms with Gasteiger partial charge in [-0.3, -0.25) is 10.9 Å². The number of thiocarbonyl (C=S) groups is 1. The fourth-order valence-electron chi connectivity index (χ4n) is 2.78. The van der Waals surface area contributed by atoms with Gasteiger partial charge in [0.25, 0.3) is 0 Å². The Bertz CT molecular complexity index is 366. The number of nitrogens with one attached hydrogen (secondary N) is 3. The Kier molecular flexibility index (Phi) is 6.23. The molecule has 5 nitrogen and oxygen atoms in total. The number of rotatable bonds is 4. The molecule has 0 bridgehead atoms. The van der Waals surface area contributed by atoms with E-state index in [1.54, 1.807) is 0 Å². The summed E-state index contributed by atoms with van der Waals surface area (Å²) in [6.45, 7) is 6.25. The van der Waals surface area contributed by atoms with Gasteiger partial charge in [0.15, 0.2) is 5.11 Å². The highest BCUT2D eigenvalue weighted by Gasteiger charge is 2.19. The monoisotopic (exact) mass is 311 g/mol. The quantitative estimate of drug-likeness (QED) is 0.423. The number of hydrogen-bond acceptors (Lipinski definition) is 4. The minimum atomic E-state index is -0.343. The zero-order valence-corrected chi connectivity index (χ0v) is 14.2. The third kappa shape index (κ3) is 6.18. The molecule has 1 heterocycles. The van der Waals surface area contributed by atoms with Gasteiger partial charge in [0, 0.05) is 18.8 Å². The first-order chi connectivity index (χ1) is 10.1. The van der Waals surface area contributed by atoms with Gasteiger partial charge in [-0.25, -0.2) is 5.01 Å². The van der Waals surface area contributed by atoms with Crippen LogP contribution >= 0.6 is 12.2 Å². The molecule has 0 aromatic carbocycles. The molecule has 0 radical (unpaired) electrons. The Labute approximate surface area is 133 Å². The van der Waals surface area contributed by atoms with Crippen LogP contribution < -0.4 is 16.2 Å². The smallest absolute Gasteiger partial charge is 0.182 e. The van der Waals surface area contributed by atoms with Gasteiger partial charge in [-0.2, -0.15) is 5.10 Å². The molecule has 0 amide bonds. The standard InChI is InChI=1S/C15H29N5S/c1-15(2,19-17-13-9-5-3-6-10-13)16-14(21)18-20-11-7-4-8-12-20/h19H,3-12H2,1-2H3,(H2,16,18,21). The Morgan fingerprint density at radius 1 is 1.05 bits per heavy atom. The number of piperidine rings is 1. The Hall–Kier alpha value is -0.880. The van der Waals surface area contributed by atoms with Gasteiger partial charge in [0.2, 0.25) is 0 Å². The van der Waals surface area contributed by atoms with E-state index in [-0.39, 0.29) is 5.66 Å². The van der Waals surface area contributed by atoms with Crippen LogP contribution in [-0.2, 0) is 0 Å². The molecule has 2 rings (SSSR count). The predicted octanol–water partition coefficient (Wildman–Crippen LogP) is 2.50. The zero-order chi connectivity index (χ0) is 15.1. The van der Waals surface area contributed by atoms with E-state index >= 15 is 0 Å². The molecule has 3 N–H and O–H groups in total. The number of hydrogen-bond donors (Lipinski definition) is 3. The first kappa shape index (κ1) is 16.5. The number of nitrogens with zero attached hydrogens (tertiary/aromatic N) is 2. The first-order valence-corrected chi connectivity index (χ1v) is 8.62. The molecular formula is C15H29N5S. The molecular weight excluding hydrogens is 282 g/mol. The largest absolute Gasteiger partial charge is 0.338 e. The van der Waals surface area contributed by atoms with Crippen LogP contribution in [0.2, 0.25) is 0 Å². The van der Waals surface area contributed by atoms with Crippen molar-refractivity contribution in [2.45, 2.75) is 70.9 Å². The highest BCUT2D eigenvalue weighted by Crippen LogP contribution is 2.14. The number of hydrazone groups is 1. The van der Waals surface area contributed by atoms with E-state index in [1.807, 2.05) is 0 Å². The highest BCUT2D eigenvalue weighted by atomic mass is 32.1. The summed E-state index contributed by atoms with van der Waals surface area (Å²) in [7, 11) is 0. The lowest BCUT2D eigenvalue weighted by Gasteiger charge is -2.32. The van der Waals surface area contributed by atoms with Gasteiger partial charge in [-0.15, -0.1) is 0 Å². The Morgan fingerprint density at radius 2 is 1.67 bits per heavy atom. The molecule has 2 aliphatic rings. The van der Waals surface area contributed by atoms with Crippen LogP contribution in [0.25, 0.3) is 0 Å². The first-order valence-electron chi connectivity index (χ1n) is 8.21. The second kappa shape index (κ2) is 7.94. The van der Waals surface area contributed by atoms with Crippen LogP contribution in [-0.4, -0.2) is 34.6 Å². The summed E-state index contributed by atoms with van der Waals surface area (Å²) >= 11 is 5.40. The third-order valence-electron chi connectivity index (χ3n) is 3.97. The van der Waals surface area contributed by atoms with Crippen molar-refractivity contribution in [2.24, 2.45) is 5.10 Å². The normalized spacial score (nSPS) is 20.8. The molecule has 0 atom stereocenters. The summed E-state index contributed by atoms with van der Waals surface area (Å²) in [5.74, 6) is 0. The van der Waals surface area contributed by atoms with Crippen LogP contribution in [0.1, 0.15) is 65.2 Å². The van der Waals surface area contributed by atoms with Crippen molar-refractivity contribution in [1.29, 1.82) is 0 Å². The Morgan fingerprint density at radius 3 is 2.33 bits per heavy atom. The van der Waals surface area contributed by atoms with Crippen molar-refractivity contribution >= 4 is 23.0 Å². The molecule has 0 spiro atoms. The minimum absolute atomic E-state index is 0.343. The molecule has 0 aromatic heterocycles. The fraction of sp³-hybridized carbons (Fsp3) is 0.867. The van der Waals surface area contributed by atoms with Gasteiger partial charge in [0.05, 0.1) is 0 Å². The van der Waals surface area contributed by atoms with Crippen LogP contribution in [0.5, 0.6) is 0 Å². The lowest BCUT2D eigenvalue weighted by Crippen LogP contribution is -2.58. The summed E-state index contributed by atoms with van der Waals surface area (Å²) < 4.78 is 0. The van der Waals surface area contributed by atoms with Gasteiger partial charge >= 0.3 is 0 Å². The highest BCUT2D eigenvalue weighted by molar-refractivity contribution is 7.80. The van der Waals surface area contributed by atoms with E-state index in [1.165, 1.54) is 44.2 Å². The van der Waals surface area contributed by atoms with E-state index in [0.29, 0.717) is 5.11 Å². The summed E-state index contributed by atoms with van der Waals surface area (Å²) in [6, 6.07) is 0.